The molecule has 1 aromatic heterocycles. The van der Waals surface area contributed by atoms with Crippen molar-refractivity contribution in [1.82, 2.24) is 5.32 Å². The summed E-state index contributed by atoms with van der Waals surface area (Å²) in [4.78, 5) is 24.7. The molecule has 0 aliphatic carbocycles. The summed E-state index contributed by atoms with van der Waals surface area (Å²) in [5, 5.41) is 8.66. The molecule has 4 aromatic rings. The van der Waals surface area contributed by atoms with Gasteiger partial charge in [-0.05, 0) is 66.7 Å². The van der Waals surface area contributed by atoms with Crippen LogP contribution in [0, 0.1) is 0 Å². The summed E-state index contributed by atoms with van der Waals surface area (Å²) in [6.45, 7) is 0.362. The van der Waals surface area contributed by atoms with E-state index in [-0.39, 0.29) is 18.4 Å². The number of hydrogen-bond donors (Lipinski definition) is 3. The van der Waals surface area contributed by atoms with E-state index in [2.05, 4.69) is 16.0 Å². The number of hydrogen-bond acceptors (Lipinski definition) is 5. The van der Waals surface area contributed by atoms with E-state index in [0.717, 1.165) is 5.75 Å². The van der Waals surface area contributed by atoms with Gasteiger partial charge in [0.05, 0.1) is 19.4 Å². The topological polar surface area (TPSA) is 92.6 Å². The third-order valence-electron chi connectivity index (χ3n) is 4.70. The van der Waals surface area contributed by atoms with E-state index in [1.165, 1.54) is 0 Å². The third-order valence-corrected chi connectivity index (χ3v) is 4.70. The van der Waals surface area contributed by atoms with E-state index in [4.69, 9.17) is 9.15 Å². The number of nitrogens with one attached hydrogen (secondary N) is 3. The number of para-hydroxylation sites is 1. The molecule has 3 aromatic carbocycles. The van der Waals surface area contributed by atoms with Gasteiger partial charge in [0.1, 0.15) is 17.3 Å². The Morgan fingerprint density at radius 2 is 1.58 bits per heavy atom. The Hall–Kier alpha value is -4.52. The molecule has 2 amide bonds. The van der Waals surface area contributed by atoms with Crippen molar-refractivity contribution in [3.05, 3.63) is 109 Å². The van der Waals surface area contributed by atoms with Crippen LogP contribution in [0.4, 0.5) is 11.4 Å². The Labute approximate surface area is 191 Å². The lowest BCUT2D eigenvalue weighted by Gasteiger charge is -2.10. The van der Waals surface area contributed by atoms with Crippen LogP contribution in [0.1, 0.15) is 16.1 Å². The molecule has 0 atom stereocenters. The molecule has 1 heterocycles. The van der Waals surface area contributed by atoms with Gasteiger partial charge in [-0.2, -0.15) is 0 Å². The number of ether oxygens (including phenoxy) is 1. The highest BCUT2D eigenvalue weighted by atomic mass is 16.5. The molecule has 4 rings (SSSR count). The first-order valence-electron chi connectivity index (χ1n) is 10.4. The second-order valence-electron chi connectivity index (χ2n) is 7.18. The molecular weight excluding hydrogens is 418 g/mol. The van der Waals surface area contributed by atoms with Crippen molar-refractivity contribution in [2.45, 2.75) is 6.54 Å². The van der Waals surface area contributed by atoms with E-state index < -0.39 is 0 Å². The summed E-state index contributed by atoms with van der Waals surface area (Å²) in [5.74, 6) is 1.67. The van der Waals surface area contributed by atoms with Gasteiger partial charge in [-0.1, -0.05) is 24.3 Å². The van der Waals surface area contributed by atoms with Crippen molar-refractivity contribution in [2.75, 3.05) is 17.2 Å². The molecule has 0 unspecified atom stereocenters. The van der Waals surface area contributed by atoms with E-state index >= 15 is 0 Å². The molecule has 0 saturated carbocycles. The summed E-state index contributed by atoms with van der Waals surface area (Å²) >= 11 is 0. The van der Waals surface area contributed by atoms with E-state index in [1.807, 2.05) is 30.3 Å². The van der Waals surface area contributed by atoms with Crippen molar-refractivity contribution in [2.24, 2.45) is 0 Å². The Morgan fingerprint density at radius 3 is 2.33 bits per heavy atom. The highest BCUT2D eigenvalue weighted by Crippen LogP contribution is 2.22. The van der Waals surface area contributed by atoms with Crippen LogP contribution < -0.4 is 20.7 Å². The van der Waals surface area contributed by atoms with Crippen molar-refractivity contribution in [3.63, 3.8) is 0 Å². The van der Waals surface area contributed by atoms with Gasteiger partial charge in [0.2, 0.25) is 5.91 Å². The maximum absolute atomic E-state index is 12.3. The maximum Gasteiger partial charge on any atom is 0.251 e. The average Bonchev–Trinajstić information content (AvgIpc) is 3.37. The van der Waals surface area contributed by atoms with Gasteiger partial charge < -0.3 is 25.1 Å². The summed E-state index contributed by atoms with van der Waals surface area (Å²) < 4.78 is 11.0. The minimum atomic E-state index is -0.225. The Balaban J connectivity index is 1.25. The number of benzene rings is 3. The molecule has 33 heavy (non-hydrogen) atoms. The van der Waals surface area contributed by atoms with Gasteiger partial charge >= 0.3 is 0 Å². The smallest absolute Gasteiger partial charge is 0.251 e. The van der Waals surface area contributed by atoms with Crippen molar-refractivity contribution >= 4 is 23.2 Å². The minimum Gasteiger partial charge on any atom is -0.467 e. The fraction of sp³-hybridized carbons (Fsp3) is 0.0769. The largest absolute Gasteiger partial charge is 0.467 e. The molecule has 7 heteroatoms. The van der Waals surface area contributed by atoms with Gasteiger partial charge in [0.25, 0.3) is 5.91 Å². The Kier molecular flexibility index (Phi) is 7.02. The zero-order chi connectivity index (χ0) is 22.9. The molecule has 0 aliphatic heterocycles. The van der Waals surface area contributed by atoms with Gasteiger partial charge in [-0.15, -0.1) is 0 Å². The summed E-state index contributed by atoms with van der Waals surface area (Å²) in [6.07, 6.45) is 1.56. The van der Waals surface area contributed by atoms with Crippen LogP contribution >= 0.6 is 0 Å². The second kappa shape index (κ2) is 10.7. The number of carbonyl (C=O) groups excluding carboxylic acids is 2. The van der Waals surface area contributed by atoms with Gasteiger partial charge in [-0.3, -0.25) is 9.59 Å². The van der Waals surface area contributed by atoms with E-state index in [1.54, 1.807) is 66.9 Å². The highest BCUT2D eigenvalue weighted by Gasteiger charge is 2.08. The number of anilines is 2. The molecule has 3 N–H and O–H groups in total. The molecule has 166 valence electrons. The second-order valence-corrected chi connectivity index (χ2v) is 7.18. The van der Waals surface area contributed by atoms with E-state index in [0.29, 0.717) is 35.0 Å². The zero-order valence-corrected chi connectivity index (χ0v) is 17.8. The van der Waals surface area contributed by atoms with Crippen LogP contribution in [0.3, 0.4) is 0 Å². The summed E-state index contributed by atoms with van der Waals surface area (Å²) in [5.41, 5.74) is 1.82. The number of rotatable bonds is 9. The Bertz CT molecular complexity index is 1190. The summed E-state index contributed by atoms with van der Waals surface area (Å²) in [7, 11) is 0. The van der Waals surface area contributed by atoms with Crippen LogP contribution in [0.2, 0.25) is 0 Å². The van der Waals surface area contributed by atoms with Gasteiger partial charge in [0, 0.05) is 16.9 Å². The predicted octanol–water partition coefficient (Wildman–Crippen LogP) is 5.05. The third kappa shape index (κ3) is 6.48. The van der Waals surface area contributed by atoms with Gasteiger partial charge in [-0.25, -0.2) is 0 Å². The summed E-state index contributed by atoms with van der Waals surface area (Å²) in [6, 6.07) is 27.1. The normalized spacial score (nSPS) is 10.3. The number of carbonyl (C=O) groups is 2. The molecule has 0 saturated heterocycles. The van der Waals surface area contributed by atoms with Crippen LogP contribution in [0.5, 0.6) is 11.5 Å². The van der Waals surface area contributed by atoms with E-state index in [9.17, 15) is 9.59 Å². The molecule has 0 radical (unpaired) electrons. The lowest BCUT2D eigenvalue weighted by atomic mass is 10.2. The first-order valence-corrected chi connectivity index (χ1v) is 10.4. The molecule has 0 aliphatic rings. The first kappa shape index (κ1) is 21.7. The highest BCUT2D eigenvalue weighted by molar-refractivity contribution is 5.96. The monoisotopic (exact) mass is 441 g/mol. The minimum absolute atomic E-state index is 0.0553. The van der Waals surface area contributed by atoms with Crippen LogP contribution in [0.15, 0.2) is 102 Å². The zero-order valence-electron chi connectivity index (χ0n) is 17.8. The molecule has 7 nitrogen and oxygen atoms in total. The van der Waals surface area contributed by atoms with Crippen LogP contribution in [-0.2, 0) is 11.3 Å². The average molecular weight is 441 g/mol. The predicted molar refractivity (Wildman–Crippen MR) is 126 cm³/mol. The standard InChI is InChI=1S/C26H23N3O4/c30-25(29-20-11-13-23(14-12-20)33-22-8-2-1-3-9-22)18-27-21-7-4-6-19(16-21)26(31)28-17-24-10-5-15-32-24/h1-16,27H,17-18H2,(H,28,31)(H,29,30). The fourth-order valence-corrected chi connectivity index (χ4v) is 3.07. The maximum atomic E-state index is 12.3. The number of furan rings is 1. The SMILES string of the molecule is O=C(CNc1cccc(C(=O)NCc2ccco2)c1)Nc1ccc(Oc2ccccc2)cc1. The van der Waals surface area contributed by atoms with Crippen LogP contribution in [0.25, 0.3) is 0 Å². The molecule has 0 bridgehead atoms. The lowest BCUT2D eigenvalue weighted by Crippen LogP contribution is -2.23. The van der Waals surface area contributed by atoms with Gasteiger partial charge in [0.15, 0.2) is 0 Å². The quantitative estimate of drug-likeness (QED) is 0.338. The van der Waals surface area contributed by atoms with Crippen molar-refractivity contribution < 1.29 is 18.7 Å². The number of amides is 2. The molecular formula is C26H23N3O4. The molecule has 0 spiro atoms. The van der Waals surface area contributed by atoms with Crippen molar-refractivity contribution in [1.29, 1.82) is 0 Å². The van der Waals surface area contributed by atoms with Crippen LogP contribution in [-0.4, -0.2) is 18.4 Å². The lowest BCUT2D eigenvalue weighted by molar-refractivity contribution is -0.114. The fourth-order valence-electron chi connectivity index (χ4n) is 3.07. The molecule has 0 fully saturated rings. The first-order chi connectivity index (χ1) is 16.2. The van der Waals surface area contributed by atoms with Crippen molar-refractivity contribution in [3.8, 4) is 11.5 Å². The Morgan fingerprint density at radius 1 is 0.788 bits per heavy atom.